The Hall–Kier alpha value is -1.49. The Kier molecular flexibility index (Phi) is 3.74. The highest BCUT2D eigenvalue weighted by molar-refractivity contribution is 5.73. The van der Waals surface area contributed by atoms with Crippen molar-refractivity contribution in [3.8, 4) is 0 Å². The van der Waals surface area contributed by atoms with E-state index in [2.05, 4.69) is 0 Å². The fraction of sp³-hybridized carbons (Fsp3) is 0.300. The predicted molar refractivity (Wildman–Crippen MR) is 50.5 cm³/mol. The third kappa shape index (κ3) is 2.73. The summed E-state index contributed by atoms with van der Waals surface area (Å²) in [6, 6.07) is 2.86. The molecule has 0 saturated carbocycles. The molecule has 1 atom stereocenters. The van der Waals surface area contributed by atoms with Crippen molar-refractivity contribution in [2.75, 3.05) is 0 Å². The van der Waals surface area contributed by atoms with Crippen molar-refractivity contribution in [3.63, 3.8) is 0 Å². The van der Waals surface area contributed by atoms with E-state index >= 15 is 0 Å². The molecule has 1 rings (SSSR count). The maximum Gasteiger partial charge on any atom is 0.320 e. The number of nitrogens with two attached hydrogens (primary N) is 1. The van der Waals surface area contributed by atoms with E-state index in [1.165, 1.54) is 12.1 Å². The zero-order valence-corrected chi connectivity index (χ0v) is 7.91. The molecule has 1 aromatic carbocycles. The number of carboxylic acids is 1. The van der Waals surface area contributed by atoms with Crippen molar-refractivity contribution in [2.24, 2.45) is 5.73 Å². The molecule has 1 aromatic rings. The Bertz CT molecular complexity index is 368. The molecule has 0 aromatic heterocycles. The highest BCUT2D eigenvalue weighted by Gasteiger charge is 2.16. The SMILES string of the molecule is NC(Cc1cccc(F)c1CF)C(=O)O. The molecule has 0 spiro atoms. The summed E-state index contributed by atoms with van der Waals surface area (Å²) < 4.78 is 25.5. The van der Waals surface area contributed by atoms with Crippen LogP contribution in [0.1, 0.15) is 11.1 Å². The van der Waals surface area contributed by atoms with Crippen LogP contribution in [0.15, 0.2) is 18.2 Å². The second kappa shape index (κ2) is 4.84. The normalized spacial score (nSPS) is 12.5. The Balaban J connectivity index is 2.94. The van der Waals surface area contributed by atoms with Crippen LogP contribution in [0.4, 0.5) is 8.78 Å². The summed E-state index contributed by atoms with van der Waals surface area (Å²) in [5, 5.41) is 8.56. The number of benzene rings is 1. The summed E-state index contributed by atoms with van der Waals surface area (Å²) >= 11 is 0. The molecule has 0 aliphatic heterocycles. The van der Waals surface area contributed by atoms with Crippen molar-refractivity contribution in [2.45, 2.75) is 19.1 Å². The van der Waals surface area contributed by atoms with Crippen LogP contribution in [-0.2, 0) is 17.9 Å². The van der Waals surface area contributed by atoms with Gasteiger partial charge in [-0.3, -0.25) is 4.79 Å². The largest absolute Gasteiger partial charge is 0.480 e. The van der Waals surface area contributed by atoms with E-state index in [4.69, 9.17) is 10.8 Å². The maximum absolute atomic E-state index is 13.1. The Morgan fingerprint density at radius 1 is 1.53 bits per heavy atom. The minimum atomic E-state index is -1.19. The summed E-state index contributed by atoms with van der Waals surface area (Å²) in [5.41, 5.74) is 5.46. The van der Waals surface area contributed by atoms with Gasteiger partial charge in [0.05, 0.1) is 0 Å². The lowest BCUT2D eigenvalue weighted by molar-refractivity contribution is -0.138. The first-order chi connectivity index (χ1) is 7.06. The molecule has 82 valence electrons. The second-order valence-corrected chi connectivity index (χ2v) is 3.16. The molecule has 1 unspecified atom stereocenters. The molecule has 3 nitrogen and oxygen atoms in total. The number of carbonyl (C=O) groups is 1. The number of hydrogen-bond donors (Lipinski definition) is 2. The van der Waals surface area contributed by atoms with Crippen molar-refractivity contribution in [3.05, 3.63) is 35.1 Å². The quantitative estimate of drug-likeness (QED) is 0.794. The lowest BCUT2D eigenvalue weighted by Gasteiger charge is -2.10. The van der Waals surface area contributed by atoms with Gasteiger partial charge in [0.25, 0.3) is 0 Å². The van der Waals surface area contributed by atoms with Gasteiger partial charge < -0.3 is 10.8 Å². The third-order valence-corrected chi connectivity index (χ3v) is 2.11. The molecule has 0 amide bonds. The van der Waals surface area contributed by atoms with Crippen LogP contribution in [0.5, 0.6) is 0 Å². The van der Waals surface area contributed by atoms with Crippen LogP contribution in [0.2, 0.25) is 0 Å². The number of alkyl halides is 1. The van der Waals surface area contributed by atoms with E-state index in [1.54, 1.807) is 0 Å². The Morgan fingerprint density at radius 3 is 2.73 bits per heavy atom. The smallest absolute Gasteiger partial charge is 0.320 e. The van der Waals surface area contributed by atoms with Crippen LogP contribution in [0.25, 0.3) is 0 Å². The summed E-state index contributed by atoms with van der Waals surface area (Å²) in [7, 11) is 0. The Morgan fingerprint density at radius 2 is 2.20 bits per heavy atom. The van der Waals surface area contributed by atoms with Gasteiger partial charge >= 0.3 is 5.97 Å². The molecule has 3 N–H and O–H groups in total. The van der Waals surface area contributed by atoms with Crippen LogP contribution < -0.4 is 5.73 Å². The van der Waals surface area contributed by atoms with Crippen molar-refractivity contribution >= 4 is 5.97 Å². The standard InChI is InChI=1S/C10H11F2NO2/c11-5-7-6(2-1-3-8(7)12)4-9(13)10(14)15/h1-3,9H,4-5,13H2,(H,14,15). The van der Waals surface area contributed by atoms with E-state index in [-0.39, 0.29) is 12.0 Å². The first kappa shape index (κ1) is 11.6. The molecule has 0 bridgehead atoms. The van der Waals surface area contributed by atoms with Gasteiger partial charge in [-0.2, -0.15) is 0 Å². The van der Waals surface area contributed by atoms with Gasteiger partial charge in [0.2, 0.25) is 0 Å². The average molecular weight is 215 g/mol. The molecular weight excluding hydrogens is 204 g/mol. The van der Waals surface area contributed by atoms with Gasteiger partial charge in [0.15, 0.2) is 0 Å². The molecular formula is C10H11F2NO2. The predicted octanol–water partition coefficient (Wildman–Crippen LogP) is 1.25. The topological polar surface area (TPSA) is 63.3 Å². The molecule has 0 aliphatic rings. The fourth-order valence-corrected chi connectivity index (χ4v) is 1.27. The molecule has 0 heterocycles. The zero-order valence-electron chi connectivity index (χ0n) is 7.91. The number of rotatable bonds is 4. The van der Waals surface area contributed by atoms with Gasteiger partial charge in [0.1, 0.15) is 18.5 Å². The van der Waals surface area contributed by atoms with Gasteiger partial charge in [0, 0.05) is 5.56 Å². The van der Waals surface area contributed by atoms with Crippen LogP contribution in [0, 0.1) is 5.82 Å². The second-order valence-electron chi connectivity index (χ2n) is 3.16. The van der Waals surface area contributed by atoms with Gasteiger partial charge in [-0.15, -0.1) is 0 Å². The molecule has 5 heteroatoms. The molecule has 0 radical (unpaired) electrons. The van der Waals surface area contributed by atoms with Crippen LogP contribution in [-0.4, -0.2) is 17.1 Å². The minimum Gasteiger partial charge on any atom is -0.480 e. The first-order valence-corrected chi connectivity index (χ1v) is 4.37. The van der Waals surface area contributed by atoms with E-state index in [0.29, 0.717) is 5.56 Å². The van der Waals surface area contributed by atoms with E-state index in [0.717, 1.165) is 6.07 Å². The summed E-state index contributed by atoms with van der Waals surface area (Å²) in [4.78, 5) is 10.5. The molecule has 0 fully saturated rings. The van der Waals surface area contributed by atoms with E-state index in [1.807, 2.05) is 0 Å². The Labute approximate surface area is 85.5 Å². The van der Waals surface area contributed by atoms with Gasteiger partial charge in [-0.05, 0) is 18.1 Å². The molecule has 0 saturated heterocycles. The van der Waals surface area contributed by atoms with Crippen molar-refractivity contribution in [1.82, 2.24) is 0 Å². The lowest BCUT2D eigenvalue weighted by atomic mass is 10.0. The monoisotopic (exact) mass is 215 g/mol. The number of halogens is 2. The summed E-state index contributed by atoms with van der Waals surface area (Å²) in [6.07, 6.45) is -0.0770. The van der Waals surface area contributed by atoms with Crippen LogP contribution >= 0.6 is 0 Å². The maximum atomic E-state index is 13.1. The van der Waals surface area contributed by atoms with Crippen molar-refractivity contribution < 1.29 is 18.7 Å². The minimum absolute atomic E-state index is 0.0770. The molecule has 0 aliphatic carbocycles. The average Bonchev–Trinajstić information content (AvgIpc) is 2.18. The molecule has 15 heavy (non-hydrogen) atoms. The van der Waals surface area contributed by atoms with Gasteiger partial charge in [-0.25, -0.2) is 8.78 Å². The zero-order chi connectivity index (χ0) is 11.4. The number of hydrogen-bond acceptors (Lipinski definition) is 2. The third-order valence-electron chi connectivity index (χ3n) is 2.11. The van der Waals surface area contributed by atoms with Crippen molar-refractivity contribution in [1.29, 1.82) is 0 Å². The highest BCUT2D eigenvalue weighted by Crippen LogP contribution is 2.16. The van der Waals surface area contributed by atoms with E-state index < -0.39 is 24.5 Å². The summed E-state index contributed by atoms with van der Waals surface area (Å²) in [6.45, 7) is -0.964. The van der Waals surface area contributed by atoms with Gasteiger partial charge in [-0.1, -0.05) is 12.1 Å². The van der Waals surface area contributed by atoms with Crippen LogP contribution in [0.3, 0.4) is 0 Å². The van der Waals surface area contributed by atoms with E-state index in [9.17, 15) is 13.6 Å². The summed E-state index contributed by atoms with van der Waals surface area (Å²) in [5.74, 6) is -1.86. The highest BCUT2D eigenvalue weighted by atomic mass is 19.1. The lowest BCUT2D eigenvalue weighted by Crippen LogP contribution is -2.32. The first-order valence-electron chi connectivity index (χ1n) is 4.37. The number of carboxylic acid groups (broad SMARTS) is 1. The fourth-order valence-electron chi connectivity index (χ4n) is 1.27. The number of aliphatic carboxylic acids is 1.